The van der Waals surface area contributed by atoms with Crippen molar-refractivity contribution in [3.63, 3.8) is 0 Å². The molecule has 3 N–H and O–H groups in total. The van der Waals surface area contributed by atoms with Crippen molar-refractivity contribution in [1.82, 2.24) is 9.97 Å². The number of nitrogens with one attached hydrogen (secondary N) is 1. The molecule has 0 unspecified atom stereocenters. The largest absolute Gasteiger partial charge is 0.438 e. The second-order valence-corrected chi connectivity index (χ2v) is 5.13. The maximum absolute atomic E-state index is 5.72. The number of aromatic nitrogens is 2. The molecule has 0 aliphatic heterocycles. The quantitative estimate of drug-likeness (QED) is 0.622. The summed E-state index contributed by atoms with van der Waals surface area (Å²) in [6.07, 6.45) is 4.88. The van der Waals surface area contributed by atoms with E-state index in [0.29, 0.717) is 16.2 Å². The van der Waals surface area contributed by atoms with Crippen LogP contribution in [0, 0.1) is 0 Å². The smallest absolute Gasteiger partial charge is 0.238 e. The summed E-state index contributed by atoms with van der Waals surface area (Å²) < 4.78 is 6.31. The van der Waals surface area contributed by atoms with E-state index in [2.05, 4.69) is 50.4 Å². The van der Waals surface area contributed by atoms with E-state index < -0.39 is 0 Å². The van der Waals surface area contributed by atoms with Crippen molar-refractivity contribution in [2.75, 3.05) is 5.43 Å². The van der Waals surface area contributed by atoms with Gasteiger partial charge in [0.05, 0.1) is 0 Å². The molecule has 0 bridgehead atoms. The number of benzene rings is 1. The highest BCUT2D eigenvalue weighted by Gasteiger charge is 2.09. The Morgan fingerprint density at radius 3 is 2.65 bits per heavy atom. The third kappa shape index (κ3) is 3.68. The SMILES string of the molecule is CCCCc1ccc(Oc2ncnc(NN)c2Br)cc1. The van der Waals surface area contributed by atoms with Gasteiger partial charge in [0.1, 0.15) is 16.5 Å². The minimum absolute atomic E-state index is 0.425. The number of hydrogen-bond acceptors (Lipinski definition) is 5. The molecule has 2 aromatic rings. The summed E-state index contributed by atoms with van der Waals surface area (Å²) in [6, 6.07) is 8.02. The van der Waals surface area contributed by atoms with E-state index in [1.54, 1.807) is 0 Å². The van der Waals surface area contributed by atoms with Crippen molar-refractivity contribution >= 4 is 21.7 Å². The predicted molar refractivity (Wildman–Crippen MR) is 82.7 cm³/mol. The number of ether oxygens (including phenoxy) is 1. The zero-order chi connectivity index (χ0) is 14.4. The normalized spacial score (nSPS) is 10.3. The highest BCUT2D eigenvalue weighted by Crippen LogP contribution is 2.31. The maximum Gasteiger partial charge on any atom is 0.238 e. The van der Waals surface area contributed by atoms with Gasteiger partial charge in [-0.1, -0.05) is 25.5 Å². The summed E-state index contributed by atoms with van der Waals surface area (Å²) in [4.78, 5) is 8.05. The molecular formula is C14H17BrN4O. The molecule has 0 saturated heterocycles. The Hall–Kier alpha value is -1.66. The first-order valence-electron chi connectivity index (χ1n) is 6.48. The molecule has 2 rings (SSSR count). The molecule has 0 fully saturated rings. The van der Waals surface area contributed by atoms with Crippen LogP contribution in [0.25, 0.3) is 0 Å². The van der Waals surface area contributed by atoms with E-state index in [0.717, 1.165) is 12.2 Å². The Kier molecular flexibility index (Phi) is 5.31. The molecule has 20 heavy (non-hydrogen) atoms. The molecule has 6 heteroatoms. The average Bonchev–Trinajstić information content (AvgIpc) is 2.48. The zero-order valence-corrected chi connectivity index (χ0v) is 12.9. The van der Waals surface area contributed by atoms with E-state index in [-0.39, 0.29) is 0 Å². The van der Waals surface area contributed by atoms with Gasteiger partial charge in [0.2, 0.25) is 5.88 Å². The van der Waals surface area contributed by atoms with Gasteiger partial charge in [-0.05, 0) is 46.5 Å². The Morgan fingerprint density at radius 1 is 1.25 bits per heavy atom. The maximum atomic E-state index is 5.72. The van der Waals surface area contributed by atoms with Crippen LogP contribution in [-0.4, -0.2) is 9.97 Å². The second kappa shape index (κ2) is 7.21. The zero-order valence-electron chi connectivity index (χ0n) is 11.3. The van der Waals surface area contributed by atoms with Gasteiger partial charge in [0.25, 0.3) is 0 Å². The number of unbranched alkanes of at least 4 members (excludes halogenated alkanes) is 1. The van der Waals surface area contributed by atoms with Gasteiger partial charge in [-0.2, -0.15) is 0 Å². The van der Waals surface area contributed by atoms with Crippen molar-refractivity contribution in [3.05, 3.63) is 40.6 Å². The fraction of sp³-hybridized carbons (Fsp3) is 0.286. The molecule has 106 valence electrons. The molecule has 0 saturated carbocycles. The molecular weight excluding hydrogens is 320 g/mol. The van der Waals surface area contributed by atoms with Gasteiger partial charge in [0.15, 0.2) is 5.82 Å². The highest BCUT2D eigenvalue weighted by molar-refractivity contribution is 9.10. The Balaban J connectivity index is 2.10. The molecule has 0 radical (unpaired) electrons. The monoisotopic (exact) mass is 336 g/mol. The molecule has 5 nitrogen and oxygen atoms in total. The summed E-state index contributed by atoms with van der Waals surface area (Å²) in [5.74, 6) is 6.99. The molecule has 1 aromatic heterocycles. The Morgan fingerprint density at radius 2 is 2.00 bits per heavy atom. The second-order valence-electron chi connectivity index (χ2n) is 4.34. The molecule has 1 heterocycles. The lowest BCUT2D eigenvalue weighted by molar-refractivity contribution is 0.458. The number of nitrogens with two attached hydrogens (primary N) is 1. The van der Waals surface area contributed by atoms with E-state index in [4.69, 9.17) is 10.6 Å². The lowest BCUT2D eigenvalue weighted by Gasteiger charge is -2.09. The number of rotatable bonds is 6. The van der Waals surface area contributed by atoms with Crippen LogP contribution < -0.4 is 16.0 Å². The minimum atomic E-state index is 0.425. The van der Waals surface area contributed by atoms with Gasteiger partial charge < -0.3 is 10.2 Å². The first-order chi connectivity index (χ1) is 9.74. The van der Waals surface area contributed by atoms with Crippen LogP contribution in [0.1, 0.15) is 25.3 Å². The molecule has 0 spiro atoms. The van der Waals surface area contributed by atoms with E-state index in [9.17, 15) is 0 Å². The van der Waals surface area contributed by atoms with E-state index in [1.807, 2.05) is 12.1 Å². The number of nitrogens with zero attached hydrogens (tertiary/aromatic N) is 2. The van der Waals surface area contributed by atoms with Crippen LogP contribution >= 0.6 is 15.9 Å². The summed E-state index contributed by atoms with van der Waals surface area (Å²) in [6.45, 7) is 2.19. The molecule has 0 aliphatic rings. The van der Waals surface area contributed by atoms with Crippen LogP contribution in [0.2, 0.25) is 0 Å². The van der Waals surface area contributed by atoms with E-state index in [1.165, 1.54) is 24.7 Å². The van der Waals surface area contributed by atoms with Gasteiger partial charge in [-0.15, -0.1) is 0 Å². The van der Waals surface area contributed by atoms with Crippen LogP contribution in [-0.2, 0) is 6.42 Å². The van der Waals surface area contributed by atoms with Gasteiger partial charge in [0, 0.05) is 0 Å². The molecule has 0 aliphatic carbocycles. The summed E-state index contributed by atoms with van der Waals surface area (Å²) in [5, 5.41) is 0. The number of nitrogen functional groups attached to an aromatic ring is 1. The molecule has 1 aromatic carbocycles. The molecule has 0 atom stereocenters. The van der Waals surface area contributed by atoms with Crippen molar-refractivity contribution in [3.8, 4) is 11.6 Å². The van der Waals surface area contributed by atoms with Crippen molar-refractivity contribution in [2.45, 2.75) is 26.2 Å². The summed E-state index contributed by atoms with van der Waals surface area (Å²) >= 11 is 3.36. The van der Waals surface area contributed by atoms with Crippen LogP contribution in [0.5, 0.6) is 11.6 Å². The highest BCUT2D eigenvalue weighted by atomic mass is 79.9. The molecule has 0 amide bonds. The predicted octanol–water partition coefficient (Wildman–Crippen LogP) is 3.66. The van der Waals surface area contributed by atoms with Crippen LogP contribution in [0.3, 0.4) is 0 Å². The first kappa shape index (κ1) is 14.7. The number of hydrazine groups is 1. The van der Waals surface area contributed by atoms with Crippen LogP contribution in [0.15, 0.2) is 35.1 Å². The lowest BCUT2D eigenvalue weighted by atomic mass is 10.1. The van der Waals surface area contributed by atoms with Gasteiger partial charge >= 0.3 is 0 Å². The number of halogens is 1. The van der Waals surface area contributed by atoms with Crippen molar-refractivity contribution in [1.29, 1.82) is 0 Å². The third-order valence-electron chi connectivity index (χ3n) is 2.85. The van der Waals surface area contributed by atoms with Crippen molar-refractivity contribution < 1.29 is 4.74 Å². The minimum Gasteiger partial charge on any atom is -0.438 e. The van der Waals surface area contributed by atoms with Crippen molar-refractivity contribution in [2.24, 2.45) is 5.84 Å². The average molecular weight is 337 g/mol. The number of hydrogen-bond donors (Lipinski definition) is 2. The lowest BCUT2D eigenvalue weighted by Crippen LogP contribution is -2.09. The number of anilines is 1. The number of aryl methyl sites for hydroxylation is 1. The van der Waals surface area contributed by atoms with Gasteiger partial charge in [-0.25, -0.2) is 15.8 Å². The Labute approximate surface area is 126 Å². The Bertz CT molecular complexity index is 560. The summed E-state index contributed by atoms with van der Waals surface area (Å²) in [5.41, 5.74) is 3.79. The first-order valence-corrected chi connectivity index (χ1v) is 7.27. The van der Waals surface area contributed by atoms with Gasteiger partial charge in [-0.3, -0.25) is 0 Å². The fourth-order valence-corrected chi connectivity index (χ4v) is 2.14. The fourth-order valence-electron chi connectivity index (χ4n) is 1.74. The van der Waals surface area contributed by atoms with E-state index >= 15 is 0 Å². The summed E-state index contributed by atoms with van der Waals surface area (Å²) in [7, 11) is 0. The van der Waals surface area contributed by atoms with Crippen LogP contribution in [0.4, 0.5) is 5.82 Å². The topological polar surface area (TPSA) is 73.1 Å². The standard InChI is InChI=1S/C14H17BrN4O/c1-2-3-4-10-5-7-11(8-6-10)20-14-12(15)13(19-16)17-9-18-14/h5-9H,2-4,16H2,1H3,(H,17,18,19). The third-order valence-corrected chi connectivity index (χ3v) is 3.57.